The third kappa shape index (κ3) is 4.95. The van der Waals surface area contributed by atoms with Crippen molar-refractivity contribution in [2.24, 2.45) is 0 Å². The summed E-state index contributed by atoms with van der Waals surface area (Å²) in [4.78, 5) is 17.0. The highest BCUT2D eigenvalue weighted by molar-refractivity contribution is 7.98. The number of hydrogen-bond acceptors (Lipinski definition) is 6. The van der Waals surface area contributed by atoms with Gasteiger partial charge in [0.05, 0.1) is 7.11 Å². The molecule has 4 aromatic rings. The van der Waals surface area contributed by atoms with Crippen LogP contribution in [0.3, 0.4) is 0 Å². The molecule has 0 spiro atoms. The number of benzene rings is 3. The summed E-state index contributed by atoms with van der Waals surface area (Å²) in [7, 11) is 3.81. The van der Waals surface area contributed by atoms with Gasteiger partial charge >= 0.3 is 0 Å². The first-order valence-electron chi connectivity index (χ1n) is 12.4. The van der Waals surface area contributed by atoms with Gasteiger partial charge in [-0.3, -0.25) is 0 Å². The van der Waals surface area contributed by atoms with Crippen LogP contribution in [0.2, 0.25) is 0 Å². The predicted molar refractivity (Wildman–Crippen MR) is 157 cm³/mol. The highest BCUT2D eigenvalue weighted by atomic mass is 32.2. The lowest BCUT2D eigenvalue weighted by molar-refractivity contribution is 0.415. The van der Waals surface area contributed by atoms with Gasteiger partial charge in [0, 0.05) is 29.5 Å². The van der Waals surface area contributed by atoms with Crippen molar-refractivity contribution in [1.29, 1.82) is 0 Å². The fourth-order valence-corrected chi connectivity index (χ4v) is 5.63. The van der Waals surface area contributed by atoms with Crippen LogP contribution in [-0.4, -0.2) is 35.4 Å². The van der Waals surface area contributed by atoms with E-state index in [1.807, 2.05) is 18.4 Å². The summed E-state index contributed by atoms with van der Waals surface area (Å²) in [6, 6.07) is 12.6. The van der Waals surface area contributed by atoms with E-state index in [1.165, 1.54) is 44.6 Å². The number of aromatic nitrogens is 3. The minimum atomic E-state index is 0.730. The Balaban J connectivity index is 1.90. The van der Waals surface area contributed by atoms with E-state index in [0.29, 0.717) is 0 Å². The van der Waals surface area contributed by atoms with Crippen molar-refractivity contribution < 1.29 is 4.74 Å². The largest absolute Gasteiger partial charge is 0.497 e. The minimum absolute atomic E-state index is 0.730. The minimum Gasteiger partial charge on any atom is -0.497 e. The monoisotopic (exact) mass is 512 g/mol. The van der Waals surface area contributed by atoms with Gasteiger partial charge in [0.25, 0.3) is 0 Å². The van der Waals surface area contributed by atoms with Gasteiger partial charge in [-0.2, -0.15) is 0 Å². The molecule has 3 aromatic carbocycles. The van der Waals surface area contributed by atoms with Crippen LogP contribution in [0.25, 0.3) is 22.8 Å². The lowest BCUT2D eigenvalue weighted by atomic mass is 9.90. The van der Waals surface area contributed by atoms with Crippen molar-refractivity contribution in [3.8, 4) is 28.5 Å². The summed E-state index contributed by atoms with van der Waals surface area (Å²) in [5, 5.41) is 0.730. The number of rotatable bonds is 6. The number of methoxy groups -OCH3 is 1. The van der Waals surface area contributed by atoms with E-state index in [-0.39, 0.29) is 0 Å². The molecule has 0 N–H and O–H groups in total. The molecule has 5 nitrogen and oxygen atoms in total. The maximum Gasteiger partial charge on any atom is 0.191 e. The second-order valence-corrected chi connectivity index (χ2v) is 10.5. The number of thioether (sulfide) groups is 1. The number of ether oxygens (including phenoxy) is 1. The van der Waals surface area contributed by atoms with Gasteiger partial charge in [0.2, 0.25) is 0 Å². The molecule has 0 aliphatic rings. The maximum atomic E-state index is 5.35. The average Bonchev–Trinajstić information content (AvgIpc) is 2.87. The number of aryl methyl sites for hydroxylation is 3. The number of hydrogen-bond donors (Lipinski definition) is 0. The Kier molecular flexibility index (Phi) is 7.60. The van der Waals surface area contributed by atoms with E-state index < -0.39 is 0 Å². The van der Waals surface area contributed by atoms with Crippen molar-refractivity contribution in [3.05, 3.63) is 75.3 Å². The lowest BCUT2D eigenvalue weighted by Gasteiger charge is -2.28. The van der Waals surface area contributed by atoms with Crippen LogP contribution in [-0.2, 0) is 0 Å². The van der Waals surface area contributed by atoms with Crippen LogP contribution in [0.5, 0.6) is 5.75 Å². The molecule has 0 aliphatic carbocycles. The first kappa shape index (κ1) is 26.7. The van der Waals surface area contributed by atoms with Crippen molar-refractivity contribution >= 4 is 23.1 Å². The molecule has 0 amide bonds. The molecule has 0 saturated heterocycles. The van der Waals surface area contributed by atoms with Gasteiger partial charge in [-0.15, -0.1) is 0 Å². The van der Waals surface area contributed by atoms with Crippen molar-refractivity contribution in [2.45, 2.75) is 53.6 Å². The fourth-order valence-electron chi connectivity index (χ4n) is 5.27. The summed E-state index contributed by atoms with van der Waals surface area (Å²) in [6.45, 7) is 15.1. The molecular weight excluding hydrogens is 476 g/mol. The van der Waals surface area contributed by atoms with Crippen LogP contribution >= 0.6 is 11.8 Å². The summed E-state index contributed by atoms with van der Waals surface area (Å²) < 4.78 is 5.35. The quantitative estimate of drug-likeness (QED) is 0.245. The Hall–Kier alpha value is -3.38. The van der Waals surface area contributed by atoms with E-state index in [2.05, 4.69) is 84.7 Å². The highest BCUT2D eigenvalue weighted by Gasteiger charge is 2.22. The molecule has 1 aromatic heterocycles. The summed E-state index contributed by atoms with van der Waals surface area (Å²) in [6.07, 6.45) is 2.01. The Morgan fingerprint density at radius 3 is 1.70 bits per heavy atom. The van der Waals surface area contributed by atoms with E-state index in [0.717, 1.165) is 39.4 Å². The standard InChI is InChI=1S/C31H36N4OS/c1-17-15-18(2)26(19(3)16-17)29-32-30(34-31(33-29)37-10)27-20(4)22(6)28(23(7)21(27)5)35(8)24-11-13-25(36-9)14-12-24/h11-16H,1-10H3. The molecule has 0 fully saturated rings. The Morgan fingerprint density at radius 2 is 1.22 bits per heavy atom. The normalized spacial score (nSPS) is 11.1. The van der Waals surface area contributed by atoms with Crippen molar-refractivity contribution in [3.63, 3.8) is 0 Å². The van der Waals surface area contributed by atoms with Gasteiger partial charge < -0.3 is 9.64 Å². The van der Waals surface area contributed by atoms with Gasteiger partial charge in [0.15, 0.2) is 16.8 Å². The SMILES string of the molecule is COc1ccc(N(C)c2c(C)c(C)c(-c3nc(SC)nc(-c4c(C)cc(C)cc4C)n3)c(C)c2C)cc1. The van der Waals surface area contributed by atoms with Crippen LogP contribution in [0, 0.1) is 48.5 Å². The molecule has 192 valence electrons. The van der Waals surface area contributed by atoms with Crippen molar-refractivity contribution in [1.82, 2.24) is 15.0 Å². The smallest absolute Gasteiger partial charge is 0.191 e. The van der Waals surface area contributed by atoms with Crippen molar-refractivity contribution in [2.75, 3.05) is 25.3 Å². The first-order valence-corrected chi connectivity index (χ1v) is 13.7. The molecule has 0 saturated carbocycles. The summed E-state index contributed by atoms with van der Waals surface area (Å²) in [5.41, 5.74) is 12.9. The van der Waals surface area contributed by atoms with Gasteiger partial charge in [0.1, 0.15) is 5.75 Å². The molecule has 0 radical (unpaired) electrons. The van der Waals surface area contributed by atoms with Crippen LogP contribution < -0.4 is 9.64 Å². The summed E-state index contributed by atoms with van der Waals surface area (Å²) >= 11 is 1.55. The molecular formula is C31H36N4OS. The van der Waals surface area contributed by atoms with Crippen LogP contribution in [0.15, 0.2) is 41.6 Å². The Morgan fingerprint density at radius 1 is 0.703 bits per heavy atom. The molecule has 1 heterocycles. The van der Waals surface area contributed by atoms with E-state index in [1.54, 1.807) is 18.9 Å². The topological polar surface area (TPSA) is 51.1 Å². The lowest BCUT2D eigenvalue weighted by Crippen LogP contribution is -2.15. The second kappa shape index (κ2) is 10.5. The number of nitrogens with zero attached hydrogens (tertiary/aromatic N) is 4. The molecule has 37 heavy (non-hydrogen) atoms. The number of anilines is 2. The molecule has 4 rings (SSSR count). The van der Waals surface area contributed by atoms with E-state index in [9.17, 15) is 0 Å². The first-order chi connectivity index (χ1) is 17.6. The molecule has 6 heteroatoms. The van der Waals surface area contributed by atoms with Gasteiger partial charge in [-0.25, -0.2) is 15.0 Å². The average molecular weight is 513 g/mol. The third-order valence-electron chi connectivity index (χ3n) is 7.30. The molecule has 0 unspecified atom stereocenters. The third-order valence-corrected chi connectivity index (χ3v) is 7.85. The van der Waals surface area contributed by atoms with E-state index >= 15 is 0 Å². The molecule has 0 bridgehead atoms. The molecule has 0 aliphatic heterocycles. The molecule has 0 atom stereocenters. The Bertz CT molecular complexity index is 1430. The Labute approximate surface area is 225 Å². The zero-order chi connectivity index (χ0) is 27.0. The van der Waals surface area contributed by atoms with E-state index in [4.69, 9.17) is 19.7 Å². The van der Waals surface area contributed by atoms with Gasteiger partial charge in [-0.1, -0.05) is 29.5 Å². The zero-order valence-electron chi connectivity index (χ0n) is 23.6. The van der Waals surface area contributed by atoms with Crippen LogP contribution in [0.4, 0.5) is 11.4 Å². The summed E-state index contributed by atoms with van der Waals surface area (Å²) in [5.74, 6) is 2.31. The van der Waals surface area contributed by atoms with Crippen LogP contribution in [0.1, 0.15) is 38.9 Å². The maximum absolute atomic E-state index is 5.35. The highest BCUT2D eigenvalue weighted by Crippen LogP contribution is 2.40. The second-order valence-electron chi connectivity index (χ2n) is 9.72. The zero-order valence-corrected chi connectivity index (χ0v) is 24.4. The predicted octanol–water partition coefficient (Wildman–Crippen LogP) is 7.86. The fraction of sp³-hybridized carbons (Fsp3) is 0.323. The van der Waals surface area contributed by atoms with Gasteiger partial charge in [-0.05, 0) is 112 Å².